The number of ether oxygens (including phenoxy) is 1. The first-order chi connectivity index (χ1) is 17.4. The van der Waals surface area contributed by atoms with Gasteiger partial charge in [0, 0.05) is 29.9 Å². The van der Waals surface area contributed by atoms with Crippen LogP contribution in [0.1, 0.15) is 64.9 Å². The predicted octanol–water partition coefficient (Wildman–Crippen LogP) is 4.18. The molecular formula is C28H35N5O3. The number of nitrogens with zero attached hydrogens (tertiary/aromatic N) is 2. The average molecular weight is 490 g/mol. The van der Waals surface area contributed by atoms with Gasteiger partial charge in [-0.2, -0.15) is 5.10 Å². The lowest BCUT2D eigenvalue weighted by molar-refractivity contribution is 0.0930. The van der Waals surface area contributed by atoms with E-state index in [1.165, 1.54) is 0 Å². The lowest BCUT2D eigenvalue weighted by atomic mass is 10.0. The van der Waals surface area contributed by atoms with E-state index in [0.29, 0.717) is 23.5 Å². The minimum absolute atomic E-state index is 0.0614. The summed E-state index contributed by atoms with van der Waals surface area (Å²) in [5.41, 5.74) is 3.77. The van der Waals surface area contributed by atoms with Gasteiger partial charge in [-0.15, -0.1) is 0 Å². The van der Waals surface area contributed by atoms with Crippen LogP contribution < -0.4 is 15.4 Å². The smallest absolute Gasteiger partial charge is 0.255 e. The van der Waals surface area contributed by atoms with E-state index in [0.717, 1.165) is 48.9 Å². The Hall–Kier alpha value is -3.65. The second-order valence-corrected chi connectivity index (χ2v) is 9.63. The fourth-order valence-corrected chi connectivity index (χ4v) is 4.40. The van der Waals surface area contributed by atoms with Crippen molar-refractivity contribution < 1.29 is 14.3 Å². The molecule has 1 saturated carbocycles. The van der Waals surface area contributed by atoms with Crippen LogP contribution in [0.3, 0.4) is 0 Å². The molecule has 0 radical (unpaired) electrons. The van der Waals surface area contributed by atoms with Gasteiger partial charge in [-0.05, 0) is 69.3 Å². The number of benzene rings is 2. The third-order valence-corrected chi connectivity index (χ3v) is 6.54. The van der Waals surface area contributed by atoms with Crippen molar-refractivity contribution in [1.82, 2.24) is 25.7 Å². The molecule has 36 heavy (non-hydrogen) atoms. The highest BCUT2D eigenvalue weighted by atomic mass is 16.5. The second-order valence-electron chi connectivity index (χ2n) is 9.63. The van der Waals surface area contributed by atoms with Gasteiger partial charge in [-0.1, -0.05) is 31.0 Å². The van der Waals surface area contributed by atoms with Gasteiger partial charge in [-0.25, -0.2) is 0 Å². The lowest BCUT2D eigenvalue weighted by Crippen LogP contribution is -2.32. The molecule has 1 heterocycles. The summed E-state index contributed by atoms with van der Waals surface area (Å²) >= 11 is 0. The van der Waals surface area contributed by atoms with Crippen molar-refractivity contribution in [3.8, 4) is 16.9 Å². The highest BCUT2D eigenvalue weighted by Crippen LogP contribution is 2.28. The van der Waals surface area contributed by atoms with Gasteiger partial charge in [0.2, 0.25) is 0 Å². The number of rotatable bonds is 10. The van der Waals surface area contributed by atoms with Crippen molar-refractivity contribution >= 4 is 11.8 Å². The van der Waals surface area contributed by atoms with Gasteiger partial charge in [0.25, 0.3) is 11.8 Å². The van der Waals surface area contributed by atoms with Crippen molar-refractivity contribution in [1.29, 1.82) is 0 Å². The summed E-state index contributed by atoms with van der Waals surface area (Å²) in [6, 6.07) is 12.9. The van der Waals surface area contributed by atoms with Gasteiger partial charge in [0.05, 0.1) is 17.8 Å². The number of nitrogens with one attached hydrogen (secondary N) is 3. The SMILES string of the molecule is C[C@@H](NC(=O)c1ccc(-c2cn[nH]c2)cc1OCCN(C)C)c1cccc(C(=O)NC2CCCC2)c1. The number of aromatic amines is 1. The minimum atomic E-state index is -0.292. The Morgan fingerprint density at radius 2 is 1.92 bits per heavy atom. The maximum Gasteiger partial charge on any atom is 0.255 e. The lowest BCUT2D eigenvalue weighted by Gasteiger charge is -2.19. The maximum atomic E-state index is 13.3. The van der Waals surface area contributed by atoms with E-state index in [1.54, 1.807) is 18.5 Å². The molecule has 8 heteroatoms. The molecule has 0 unspecified atom stereocenters. The Morgan fingerprint density at radius 3 is 2.64 bits per heavy atom. The van der Waals surface area contributed by atoms with E-state index in [4.69, 9.17) is 4.74 Å². The molecule has 0 aliphatic heterocycles. The molecule has 8 nitrogen and oxygen atoms in total. The first kappa shape index (κ1) is 25.4. The Balaban J connectivity index is 1.48. The number of carbonyl (C=O) groups is 2. The summed E-state index contributed by atoms with van der Waals surface area (Å²) < 4.78 is 6.02. The van der Waals surface area contributed by atoms with E-state index in [1.807, 2.05) is 62.3 Å². The number of H-pyrrole nitrogens is 1. The topological polar surface area (TPSA) is 99.3 Å². The molecular weight excluding hydrogens is 454 g/mol. The van der Waals surface area contributed by atoms with Crippen LogP contribution in [0.4, 0.5) is 0 Å². The molecule has 2 aromatic carbocycles. The van der Waals surface area contributed by atoms with E-state index >= 15 is 0 Å². The van der Waals surface area contributed by atoms with Gasteiger partial charge in [0.1, 0.15) is 12.4 Å². The van der Waals surface area contributed by atoms with Gasteiger partial charge < -0.3 is 20.3 Å². The highest BCUT2D eigenvalue weighted by molar-refractivity contribution is 5.98. The van der Waals surface area contributed by atoms with Crippen molar-refractivity contribution in [3.63, 3.8) is 0 Å². The van der Waals surface area contributed by atoms with Crippen LogP contribution >= 0.6 is 0 Å². The van der Waals surface area contributed by atoms with Crippen LogP contribution in [0, 0.1) is 0 Å². The fourth-order valence-electron chi connectivity index (χ4n) is 4.40. The third kappa shape index (κ3) is 6.51. The van der Waals surface area contributed by atoms with Crippen LogP contribution in [0.25, 0.3) is 11.1 Å². The zero-order chi connectivity index (χ0) is 25.5. The zero-order valence-electron chi connectivity index (χ0n) is 21.2. The minimum Gasteiger partial charge on any atom is -0.491 e. The molecule has 0 saturated heterocycles. The summed E-state index contributed by atoms with van der Waals surface area (Å²) in [5, 5.41) is 13.0. The summed E-state index contributed by atoms with van der Waals surface area (Å²) in [6.07, 6.45) is 7.94. The summed E-state index contributed by atoms with van der Waals surface area (Å²) in [4.78, 5) is 28.0. The monoisotopic (exact) mass is 489 g/mol. The molecule has 190 valence electrons. The molecule has 1 aliphatic rings. The summed E-state index contributed by atoms with van der Waals surface area (Å²) in [6.45, 7) is 3.09. The molecule has 1 aromatic heterocycles. The average Bonchev–Trinajstić information content (AvgIpc) is 3.58. The van der Waals surface area contributed by atoms with E-state index < -0.39 is 0 Å². The van der Waals surface area contributed by atoms with E-state index in [-0.39, 0.29) is 23.9 Å². The number of hydrogen-bond donors (Lipinski definition) is 3. The number of hydrogen-bond acceptors (Lipinski definition) is 5. The first-order valence-corrected chi connectivity index (χ1v) is 12.5. The van der Waals surface area contributed by atoms with Crippen molar-refractivity contribution in [2.45, 2.75) is 44.7 Å². The molecule has 1 atom stereocenters. The van der Waals surface area contributed by atoms with Crippen molar-refractivity contribution in [2.24, 2.45) is 0 Å². The molecule has 4 rings (SSSR count). The normalized spacial score (nSPS) is 14.6. The number of carbonyl (C=O) groups excluding carboxylic acids is 2. The molecule has 1 fully saturated rings. The second kappa shape index (κ2) is 11.9. The van der Waals surface area contributed by atoms with Gasteiger partial charge in [-0.3, -0.25) is 14.7 Å². The zero-order valence-corrected chi connectivity index (χ0v) is 21.2. The Kier molecular flexibility index (Phi) is 8.38. The number of likely N-dealkylation sites (N-methyl/N-ethyl adjacent to an activating group) is 1. The molecule has 0 spiro atoms. The first-order valence-electron chi connectivity index (χ1n) is 12.5. The van der Waals surface area contributed by atoms with Crippen molar-refractivity contribution in [2.75, 3.05) is 27.2 Å². The van der Waals surface area contributed by atoms with E-state index in [9.17, 15) is 9.59 Å². The Labute approximate surface area is 212 Å². The Morgan fingerprint density at radius 1 is 1.11 bits per heavy atom. The van der Waals surface area contributed by atoms with Crippen LogP contribution in [0.15, 0.2) is 54.9 Å². The predicted molar refractivity (Wildman–Crippen MR) is 140 cm³/mol. The van der Waals surface area contributed by atoms with Crippen LogP contribution in [-0.2, 0) is 0 Å². The summed E-state index contributed by atoms with van der Waals surface area (Å²) in [5.74, 6) is 0.223. The quantitative estimate of drug-likeness (QED) is 0.397. The van der Waals surface area contributed by atoms with Crippen LogP contribution in [0.2, 0.25) is 0 Å². The fraction of sp³-hybridized carbons (Fsp3) is 0.393. The standard InChI is InChI=1S/C28H35N5O3/c1-19(20-7-6-8-22(15-20)27(34)32-24-9-4-5-10-24)31-28(35)25-12-11-21(23-17-29-30-18-23)16-26(25)36-14-13-33(2)3/h6-8,11-12,15-19,24H,4-5,9-10,13-14H2,1-3H3,(H,29,30)(H,31,35)(H,32,34)/t19-/m1/s1. The molecule has 3 N–H and O–H groups in total. The molecule has 0 bridgehead atoms. The molecule has 1 aliphatic carbocycles. The number of aromatic nitrogens is 2. The largest absolute Gasteiger partial charge is 0.491 e. The van der Waals surface area contributed by atoms with Crippen LogP contribution in [0.5, 0.6) is 5.75 Å². The summed E-state index contributed by atoms with van der Waals surface area (Å²) in [7, 11) is 3.95. The van der Waals surface area contributed by atoms with E-state index in [2.05, 4.69) is 20.8 Å². The molecule has 3 aromatic rings. The van der Waals surface area contributed by atoms with Crippen LogP contribution in [-0.4, -0.2) is 60.2 Å². The highest BCUT2D eigenvalue weighted by Gasteiger charge is 2.20. The Bertz CT molecular complexity index is 1170. The van der Waals surface area contributed by atoms with Gasteiger partial charge in [0.15, 0.2) is 0 Å². The van der Waals surface area contributed by atoms with Gasteiger partial charge >= 0.3 is 0 Å². The van der Waals surface area contributed by atoms with Crippen molar-refractivity contribution in [3.05, 3.63) is 71.5 Å². The number of amides is 2. The molecule has 2 amide bonds. The third-order valence-electron chi connectivity index (χ3n) is 6.54. The maximum absolute atomic E-state index is 13.3.